The Morgan fingerprint density at radius 1 is 1.43 bits per heavy atom. The average Bonchev–Trinajstić information content (AvgIpc) is 1.94. The first kappa shape index (κ1) is 11.5. The molecule has 0 radical (unpaired) electrons. The van der Waals surface area contributed by atoms with Crippen LogP contribution in [0.3, 0.4) is 0 Å². The van der Waals surface area contributed by atoms with Gasteiger partial charge in [0, 0.05) is 6.04 Å². The first-order chi connectivity index (χ1) is 6.29. The summed E-state index contributed by atoms with van der Waals surface area (Å²) in [6, 6.07) is -0.289. The maximum absolute atomic E-state index is 11.5. The first-order valence-electron chi connectivity index (χ1n) is 5.03. The van der Waals surface area contributed by atoms with Gasteiger partial charge in [0.15, 0.2) is 0 Å². The number of ether oxygens (including phenoxy) is 1. The Morgan fingerprint density at radius 2 is 1.93 bits per heavy atom. The van der Waals surface area contributed by atoms with Crippen LogP contribution in [0.2, 0.25) is 0 Å². The molecule has 1 saturated carbocycles. The summed E-state index contributed by atoms with van der Waals surface area (Å²) in [5.41, 5.74) is 10.9. The molecular formula is C10H20N2O2. The fourth-order valence-electron chi connectivity index (χ4n) is 1.56. The molecule has 0 bridgehead atoms. The van der Waals surface area contributed by atoms with Crippen LogP contribution in [0.4, 0.5) is 0 Å². The summed E-state index contributed by atoms with van der Waals surface area (Å²) in [5.74, 6) is -0.103. The van der Waals surface area contributed by atoms with Crippen LogP contribution in [0.5, 0.6) is 0 Å². The smallest absolute Gasteiger partial charge is 0.323 e. The summed E-state index contributed by atoms with van der Waals surface area (Å²) in [6.07, 6.45) is 1.67. The van der Waals surface area contributed by atoms with Crippen LogP contribution in [0, 0.1) is 5.92 Å². The standard InChI is InChI=1S/C10H20N2O2/c1-10(2,3)14-9(13)8(12)6-4-7(11)5-6/h6-8H,4-5,11-12H2,1-3H3/t6?,7?,8-/m1/s1. The van der Waals surface area contributed by atoms with Gasteiger partial charge in [-0.05, 0) is 39.5 Å². The van der Waals surface area contributed by atoms with Crippen molar-refractivity contribution < 1.29 is 9.53 Å². The van der Waals surface area contributed by atoms with Gasteiger partial charge < -0.3 is 16.2 Å². The van der Waals surface area contributed by atoms with Crippen LogP contribution in [-0.4, -0.2) is 23.7 Å². The topological polar surface area (TPSA) is 78.3 Å². The molecule has 82 valence electrons. The molecule has 14 heavy (non-hydrogen) atoms. The normalized spacial score (nSPS) is 29.2. The lowest BCUT2D eigenvalue weighted by Gasteiger charge is -2.36. The van der Waals surface area contributed by atoms with Gasteiger partial charge in [0.1, 0.15) is 11.6 Å². The van der Waals surface area contributed by atoms with Gasteiger partial charge in [0.05, 0.1) is 0 Å². The van der Waals surface area contributed by atoms with E-state index in [0.717, 1.165) is 12.8 Å². The molecule has 0 saturated heterocycles. The minimum Gasteiger partial charge on any atom is -0.459 e. The van der Waals surface area contributed by atoms with Crippen LogP contribution in [0.15, 0.2) is 0 Å². The zero-order valence-corrected chi connectivity index (χ0v) is 9.12. The minimum atomic E-state index is -0.506. The summed E-state index contributed by atoms with van der Waals surface area (Å²) < 4.78 is 5.19. The fourth-order valence-corrected chi connectivity index (χ4v) is 1.56. The van der Waals surface area contributed by atoms with Crippen molar-refractivity contribution in [2.75, 3.05) is 0 Å². The predicted molar refractivity (Wildman–Crippen MR) is 54.5 cm³/mol. The van der Waals surface area contributed by atoms with E-state index in [1.54, 1.807) is 0 Å². The zero-order chi connectivity index (χ0) is 10.9. The van der Waals surface area contributed by atoms with Crippen molar-refractivity contribution in [2.24, 2.45) is 17.4 Å². The van der Waals surface area contributed by atoms with Gasteiger partial charge in [-0.2, -0.15) is 0 Å². The van der Waals surface area contributed by atoms with E-state index in [2.05, 4.69) is 0 Å². The van der Waals surface area contributed by atoms with Crippen molar-refractivity contribution in [1.82, 2.24) is 0 Å². The maximum Gasteiger partial charge on any atom is 0.323 e. The van der Waals surface area contributed by atoms with Gasteiger partial charge in [0.25, 0.3) is 0 Å². The van der Waals surface area contributed by atoms with E-state index in [0.29, 0.717) is 0 Å². The van der Waals surface area contributed by atoms with Crippen LogP contribution in [-0.2, 0) is 9.53 Å². The van der Waals surface area contributed by atoms with Gasteiger partial charge in [-0.3, -0.25) is 4.79 Å². The zero-order valence-electron chi connectivity index (χ0n) is 9.12. The average molecular weight is 200 g/mol. The van der Waals surface area contributed by atoms with Crippen molar-refractivity contribution in [3.63, 3.8) is 0 Å². The Morgan fingerprint density at radius 3 is 2.29 bits per heavy atom. The quantitative estimate of drug-likeness (QED) is 0.632. The molecule has 1 aliphatic rings. The van der Waals surface area contributed by atoms with Gasteiger partial charge in [0.2, 0.25) is 0 Å². The minimum absolute atomic E-state index is 0.208. The fraction of sp³-hybridized carbons (Fsp3) is 0.900. The van der Waals surface area contributed by atoms with E-state index in [9.17, 15) is 4.79 Å². The SMILES string of the molecule is CC(C)(C)OC(=O)[C@H](N)C1CC(N)C1. The second kappa shape index (κ2) is 3.87. The molecule has 0 aromatic rings. The second-order valence-electron chi connectivity index (χ2n) is 5.05. The maximum atomic E-state index is 11.5. The van der Waals surface area contributed by atoms with Gasteiger partial charge in [-0.15, -0.1) is 0 Å². The van der Waals surface area contributed by atoms with E-state index in [1.807, 2.05) is 20.8 Å². The number of rotatable bonds is 2. The van der Waals surface area contributed by atoms with Crippen LogP contribution >= 0.6 is 0 Å². The number of hydrogen-bond donors (Lipinski definition) is 2. The summed E-state index contributed by atoms with van der Waals surface area (Å²) in [7, 11) is 0. The number of nitrogens with two attached hydrogens (primary N) is 2. The number of hydrogen-bond acceptors (Lipinski definition) is 4. The molecule has 0 aromatic carbocycles. The van der Waals surface area contributed by atoms with E-state index in [4.69, 9.17) is 16.2 Å². The highest BCUT2D eigenvalue weighted by molar-refractivity contribution is 5.76. The monoisotopic (exact) mass is 200 g/mol. The Kier molecular flexibility index (Phi) is 3.17. The Balaban J connectivity index is 2.38. The molecule has 0 aliphatic heterocycles. The molecule has 0 spiro atoms. The van der Waals surface area contributed by atoms with Gasteiger partial charge >= 0.3 is 5.97 Å². The molecule has 4 N–H and O–H groups in total. The molecule has 1 rings (SSSR count). The molecule has 0 unspecified atom stereocenters. The number of esters is 1. The third kappa shape index (κ3) is 2.96. The van der Waals surface area contributed by atoms with Crippen LogP contribution < -0.4 is 11.5 Å². The first-order valence-corrected chi connectivity index (χ1v) is 5.03. The number of carbonyl (C=O) groups excluding carboxylic acids is 1. The highest BCUT2D eigenvalue weighted by atomic mass is 16.6. The Hall–Kier alpha value is -0.610. The molecule has 0 amide bonds. The third-order valence-electron chi connectivity index (χ3n) is 2.40. The lowest BCUT2D eigenvalue weighted by molar-refractivity contribution is -0.158. The molecule has 1 atom stereocenters. The highest BCUT2D eigenvalue weighted by Crippen LogP contribution is 2.28. The van der Waals surface area contributed by atoms with Crippen molar-refractivity contribution in [3.8, 4) is 0 Å². The Bertz CT molecular complexity index is 217. The lowest BCUT2D eigenvalue weighted by Crippen LogP contribution is -2.51. The molecule has 1 fully saturated rings. The van der Waals surface area contributed by atoms with E-state index in [1.165, 1.54) is 0 Å². The Labute approximate surface area is 85.0 Å². The van der Waals surface area contributed by atoms with Crippen LogP contribution in [0.1, 0.15) is 33.6 Å². The molecule has 0 aromatic heterocycles. The molecule has 0 heterocycles. The van der Waals surface area contributed by atoms with Crippen molar-refractivity contribution >= 4 is 5.97 Å². The van der Waals surface area contributed by atoms with Crippen LogP contribution in [0.25, 0.3) is 0 Å². The van der Waals surface area contributed by atoms with E-state index < -0.39 is 11.6 Å². The summed E-state index contributed by atoms with van der Waals surface area (Å²) in [4.78, 5) is 11.5. The molecule has 4 nitrogen and oxygen atoms in total. The van der Waals surface area contributed by atoms with E-state index >= 15 is 0 Å². The van der Waals surface area contributed by atoms with E-state index in [-0.39, 0.29) is 17.9 Å². The molecule has 4 heteroatoms. The van der Waals surface area contributed by atoms with Crippen molar-refractivity contribution in [3.05, 3.63) is 0 Å². The highest BCUT2D eigenvalue weighted by Gasteiger charge is 2.36. The van der Waals surface area contributed by atoms with Crippen molar-refractivity contribution in [2.45, 2.75) is 51.3 Å². The molecule has 1 aliphatic carbocycles. The molecular weight excluding hydrogens is 180 g/mol. The van der Waals surface area contributed by atoms with Gasteiger partial charge in [-0.25, -0.2) is 0 Å². The number of carbonyl (C=O) groups is 1. The summed E-state index contributed by atoms with van der Waals surface area (Å²) >= 11 is 0. The van der Waals surface area contributed by atoms with Crippen molar-refractivity contribution in [1.29, 1.82) is 0 Å². The largest absolute Gasteiger partial charge is 0.459 e. The predicted octanol–water partition coefficient (Wildman–Crippen LogP) is 0.393. The van der Waals surface area contributed by atoms with Gasteiger partial charge in [-0.1, -0.05) is 0 Å². The lowest BCUT2D eigenvalue weighted by atomic mass is 9.76. The summed E-state index contributed by atoms with van der Waals surface area (Å²) in [6.45, 7) is 5.51. The summed E-state index contributed by atoms with van der Waals surface area (Å²) in [5, 5.41) is 0. The third-order valence-corrected chi connectivity index (χ3v) is 2.40. The second-order valence-corrected chi connectivity index (χ2v) is 5.05.